The Hall–Kier alpha value is -2.60. The normalized spacial score (nSPS) is 17.4. The number of ketones is 1. The van der Waals surface area contributed by atoms with E-state index < -0.39 is 5.41 Å². The zero-order valence-electron chi connectivity index (χ0n) is 18.6. The van der Waals surface area contributed by atoms with E-state index >= 15 is 0 Å². The number of halogens is 1. The molecule has 2 aromatic carbocycles. The van der Waals surface area contributed by atoms with Crippen molar-refractivity contribution in [1.29, 1.82) is 0 Å². The molecule has 1 heterocycles. The minimum absolute atomic E-state index is 0.180. The summed E-state index contributed by atoms with van der Waals surface area (Å²) in [4.78, 5) is 13.3. The molecule has 0 bridgehead atoms. The summed E-state index contributed by atoms with van der Waals surface area (Å²) in [5, 5.41) is 1.56. The van der Waals surface area contributed by atoms with Crippen LogP contribution in [-0.2, 0) is 5.41 Å². The lowest BCUT2D eigenvalue weighted by molar-refractivity contribution is 0.104. The number of methoxy groups -OCH3 is 4. The Balaban J connectivity index is 2.64. The maximum absolute atomic E-state index is 13.3. The highest BCUT2D eigenvalue weighted by Gasteiger charge is 2.45. The second kappa shape index (κ2) is 7.91. The Labute approximate surface area is 181 Å². The van der Waals surface area contributed by atoms with Crippen LogP contribution in [0.2, 0.25) is 0 Å². The van der Waals surface area contributed by atoms with Crippen LogP contribution in [0.5, 0.6) is 28.7 Å². The number of hydrogen-bond donors (Lipinski definition) is 0. The van der Waals surface area contributed by atoms with E-state index in [0.717, 1.165) is 5.56 Å². The van der Waals surface area contributed by atoms with E-state index in [1.165, 1.54) is 27.4 Å². The maximum Gasteiger partial charge on any atom is 0.204 e. The Morgan fingerprint density at radius 1 is 1.07 bits per heavy atom. The van der Waals surface area contributed by atoms with Crippen molar-refractivity contribution in [3.63, 3.8) is 0 Å². The molecule has 162 valence electrons. The van der Waals surface area contributed by atoms with Crippen molar-refractivity contribution in [2.24, 2.45) is 0 Å². The fraction of sp³-hybridized carbons (Fsp3) is 0.435. The number of carbonyl (C=O) groups is 1. The lowest BCUT2D eigenvalue weighted by atomic mass is 9.78. The average molecular weight is 435 g/mol. The summed E-state index contributed by atoms with van der Waals surface area (Å²) in [6.45, 7) is 7.74. The van der Waals surface area contributed by atoms with E-state index in [4.69, 9.17) is 35.3 Å². The Kier molecular flexibility index (Phi) is 5.83. The van der Waals surface area contributed by atoms with Gasteiger partial charge in [0.2, 0.25) is 5.75 Å². The molecule has 2 aromatic rings. The Bertz CT molecular complexity index is 1050. The van der Waals surface area contributed by atoms with Gasteiger partial charge in [0.1, 0.15) is 17.6 Å². The van der Waals surface area contributed by atoms with Gasteiger partial charge in [-0.15, -0.1) is 0 Å². The number of allylic oxidation sites excluding steroid dienone is 2. The van der Waals surface area contributed by atoms with Crippen LogP contribution in [0, 0.1) is 0 Å². The van der Waals surface area contributed by atoms with Gasteiger partial charge in [0.25, 0.3) is 0 Å². The smallest absolute Gasteiger partial charge is 0.204 e. The van der Waals surface area contributed by atoms with Crippen molar-refractivity contribution in [2.75, 3.05) is 28.4 Å². The third kappa shape index (κ3) is 3.14. The summed E-state index contributed by atoms with van der Waals surface area (Å²) >= 11 is 6.04. The quantitative estimate of drug-likeness (QED) is 0.456. The first-order valence-corrected chi connectivity index (χ1v) is 9.93. The van der Waals surface area contributed by atoms with E-state index in [1.54, 1.807) is 20.1 Å². The van der Waals surface area contributed by atoms with Gasteiger partial charge in [-0.25, -0.2) is 0 Å². The van der Waals surface area contributed by atoms with Gasteiger partial charge in [-0.05, 0) is 19.9 Å². The molecule has 0 saturated carbocycles. The standard InChI is InChI=1S/C23H27ClO6/c1-11(24)9-14(25)16-13-10-15(26-5)19(27-6)22(29-8)17(13)20(28-7)18-21(16)30-12(2)23(18,3)4/h9-10,12H,1-8H3/b11-9-. The van der Waals surface area contributed by atoms with E-state index in [-0.39, 0.29) is 11.9 Å². The van der Waals surface area contributed by atoms with Gasteiger partial charge in [0.15, 0.2) is 17.3 Å². The highest BCUT2D eigenvalue weighted by Crippen LogP contribution is 2.57. The number of benzene rings is 2. The zero-order chi connectivity index (χ0) is 22.4. The van der Waals surface area contributed by atoms with Crippen LogP contribution in [0.25, 0.3) is 10.8 Å². The number of fused-ring (bicyclic) bond motifs is 2. The molecule has 7 heteroatoms. The summed E-state index contributed by atoms with van der Waals surface area (Å²) in [6, 6.07) is 1.74. The first kappa shape index (κ1) is 22.1. The molecule has 0 aliphatic carbocycles. The molecule has 1 aliphatic heterocycles. The first-order valence-electron chi connectivity index (χ1n) is 9.55. The minimum atomic E-state index is -0.415. The highest BCUT2D eigenvalue weighted by molar-refractivity contribution is 6.32. The van der Waals surface area contributed by atoms with Crippen LogP contribution in [0.3, 0.4) is 0 Å². The monoisotopic (exact) mass is 434 g/mol. The van der Waals surface area contributed by atoms with Crippen LogP contribution >= 0.6 is 11.6 Å². The maximum atomic E-state index is 13.3. The zero-order valence-corrected chi connectivity index (χ0v) is 19.3. The highest BCUT2D eigenvalue weighted by atomic mass is 35.5. The van der Waals surface area contributed by atoms with E-state index in [0.29, 0.717) is 50.1 Å². The molecular weight excluding hydrogens is 408 g/mol. The predicted molar refractivity (Wildman–Crippen MR) is 117 cm³/mol. The van der Waals surface area contributed by atoms with Gasteiger partial charge in [0.05, 0.1) is 39.4 Å². The van der Waals surface area contributed by atoms with Crippen molar-refractivity contribution < 1.29 is 28.5 Å². The molecule has 3 rings (SSSR count). The molecule has 0 amide bonds. The van der Waals surface area contributed by atoms with Crippen molar-refractivity contribution in [3.8, 4) is 28.7 Å². The van der Waals surface area contributed by atoms with Gasteiger partial charge in [-0.2, -0.15) is 0 Å². The fourth-order valence-corrected chi connectivity index (χ4v) is 4.09. The summed E-state index contributed by atoms with van der Waals surface area (Å²) in [5.41, 5.74) is 0.777. The number of ether oxygens (including phenoxy) is 5. The largest absolute Gasteiger partial charge is 0.496 e. The third-order valence-corrected chi connectivity index (χ3v) is 5.85. The van der Waals surface area contributed by atoms with Gasteiger partial charge in [0, 0.05) is 27.5 Å². The first-order chi connectivity index (χ1) is 14.1. The van der Waals surface area contributed by atoms with Crippen LogP contribution in [0.4, 0.5) is 0 Å². The lowest BCUT2D eigenvalue weighted by Gasteiger charge is -2.25. The molecule has 1 atom stereocenters. The summed E-state index contributed by atoms with van der Waals surface area (Å²) in [5.74, 6) is 2.06. The van der Waals surface area contributed by atoms with Crippen molar-refractivity contribution >= 4 is 28.2 Å². The SMILES string of the molecule is COc1cc2c(C(=O)/C=C(/C)Cl)c3c(c(OC)c2c(OC)c1OC)C(C)(C)C(C)O3. The van der Waals surface area contributed by atoms with Crippen LogP contribution in [0.1, 0.15) is 43.6 Å². The second-order valence-corrected chi connectivity index (χ2v) is 8.35. The average Bonchev–Trinajstić information content (AvgIpc) is 2.92. The molecular formula is C23H27ClO6. The van der Waals surface area contributed by atoms with Crippen molar-refractivity contribution in [3.05, 3.63) is 28.3 Å². The van der Waals surface area contributed by atoms with Crippen LogP contribution in [0.15, 0.2) is 17.2 Å². The van der Waals surface area contributed by atoms with E-state index in [9.17, 15) is 4.79 Å². The Morgan fingerprint density at radius 2 is 1.67 bits per heavy atom. The Morgan fingerprint density at radius 3 is 2.17 bits per heavy atom. The molecule has 1 aliphatic rings. The summed E-state index contributed by atoms with van der Waals surface area (Å²) < 4.78 is 28.9. The number of rotatable bonds is 6. The fourth-order valence-electron chi connectivity index (χ4n) is 3.99. The van der Waals surface area contributed by atoms with E-state index in [1.807, 2.05) is 6.92 Å². The lowest BCUT2D eigenvalue weighted by Crippen LogP contribution is -2.29. The molecule has 0 spiro atoms. The van der Waals surface area contributed by atoms with Gasteiger partial charge in [-0.1, -0.05) is 25.4 Å². The molecule has 1 unspecified atom stereocenters. The summed E-state index contributed by atoms with van der Waals surface area (Å²) in [7, 11) is 6.19. The third-order valence-electron chi connectivity index (χ3n) is 5.74. The van der Waals surface area contributed by atoms with Crippen LogP contribution < -0.4 is 23.7 Å². The van der Waals surface area contributed by atoms with Gasteiger partial charge >= 0.3 is 0 Å². The molecule has 6 nitrogen and oxygen atoms in total. The number of carbonyl (C=O) groups excluding carboxylic acids is 1. The molecule has 0 radical (unpaired) electrons. The van der Waals surface area contributed by atoms with Crippen LogP contribution in [-0.4, -0.2) is 40.3 Å². The molecule has 0 fully saturated rings. The molecule has 0 saturated heterocycles. The summed E-state index contributed by atoms with van der Waals surface area (Å²) in [6.07, 6.45) is 1.20. The van der Waals surface area contributed by atoms with Gasteiger partial charge < -0.3 is 23.7 Å². The topological polar surface area (TPSA) is 63.2 Å². The molecule has 30 heavy (non-hydrogen) atoms. The van der Waals surface area contributed by atoms with Crippen molar-refractivity contribution in [1.82, 2.24) is 0 Å². The van der Waals surface area contributed by atoms with Crippen molar-refractivity contribution in [2.45, 2.75) is 39.2 Å². The van der Waals surface area contributed by atoms with Gasteiger partial charge in [-0.3, -0.25) is 4.79 Å². The molecule has 0 aromatic heterocycles. The second-order valence-electron chi connectivity index (χ2n) is 7.76. The number of hydrogen-bond acceptors (Lipinski definition) is 6. The predicted octanol–water partition coefficient (Wildman–Crippen LogP) is 5.26. The molecule has 0 N–H and O–H groups in total. The van der Waals surface area contributed by atoms with E-state index in [2.05, 4.69) is 13.8 Å². The minimum Gasteiger partial charge on any atom is -0.496 e.